The lowest BCUT2D eigenvalue weighted by molar-refractivity contribution is -0.127. The van der Waals surface area contributed by atoms with Crippen molar-refractivity contribution < 1.29 is 9.59 Å². The third kappa shape index (κ3) is 5.64. The van der Waals surface area contributed by atoms with Gasteiger partial charge in [-0.15, -0.1) is 11.3 Å². The quantitative estimate of drug-likeness (QED) is 0.560. The normalized spacial score (nSPS) is 13.3. The van der Waals surface area contributed by atoms with Crippen LogP contribution >= 0.6 is 11.3 Å². The minimum absolute atomic E-state index is 0.00736. The molecule has 1 aromatic heterocycles. The second-order valence-electron chi connectivity index (χ2n) is 6.50. The Morgan fingerprint density at radius 3 is 2.63 bits per heavy atom. The highest BCUT2D eigenvalue weighted by Crippen LogP contribution is 2.34. The number of carbonyl (C=O) groups excluding carboxylic acids is 2. The van der Waals surface area contributed by atoms with Crippen LogP contribution in [-0.2, 0) is 4.79 Å². The third-order valence-corrected chi connectivity index (χ3v) is 5.19. The van der Waals surface area contributed by atoms with Crippen LogP contribution in [0, 0.1) is 0 Å². The molecule has 0 bridgehead atoms. The van der Waals surface area contributed by atoms with E-state index in [-0.39, 0.29) is 11.8 Å². The molecule has 8 heteroatoms. The molecule has 0 aromatic carbocycles. The second-order valence-corrected chi connectivity index (χ2v) is 7.58. The summed E-state index contributed by atoms with van der Waals surface area (Å²) in [5.74, 6) is 0.219. The first kappa shape index (κ1) is 21.1. The van der Waals surface area contributed by atoms with Gasteiger partial charge in [0.15, 0.2) is 0 Å². The summed E-state index contributed by atoms with van der Waals surface area (Å²) in [4.78, 5) is 32.8. The van der Waals surface area contributed by atoms with E-state index in [1.807, 2.05) is 11.0 Å². The molecule has 0 saturated carbocycles. The number of hydrogen-bond acceptors (Lipinski definition) is 6. The number of carbonyl (C=O) groups is 2. The fourth-order valence-corrected chi connectivity index (χ4v) is 3.87. The average molecular weight is 392 g/mol. The van der Waals surface area contributed by atoms with E-state index in [0.29, 0.717) is 54.6 Å². The fourth-order valence-electron chi connectivity index (χ4n) is 2.88. The van der Waals surface area contributed by atoms with Crippen LogP contribution in [0.1, 0.15) is 54.1 Å². The maximum Gasteiger partial charge on any atom is 0.261 e. The first-order valence-corrected chi connectivity index (χ1v) is 10.3. The molecule has 0 radical (unpaired) electrons. The van der Waals surface area contributed by atoms with Gasteiger partial charge in [-0.3, -0.25) is 9.59 Å². The molecule has 7 nitrogen and oxygen atoms in total. The Kier molecular flexibility index (Phi) is 7.99. The van der Waals surface area contributed by atoms with Crippen LogP contribution in [0.3, 0.4) is 0 Å². The molecule has 1 aliphatic rings. The first-order chi connectivity index (χ1) is 13.0. The van der Waals surface area contributed by atoms with Gasteiger partial charge in [0.2, 0.25) is 5.91 Å². The Bertz CT molecular complexity index is 732. The summed E-state index contributed by atoms with van der Waals surface area (Å²) in [7, 11) is 0. The summed E-state index contributed by atoms with van der Waals surface area (Å²) in [6, 6.07) is 1.73. The minimum atomic E-state index is -0.157. The van der Waals surface area contributed by atoms with Crippen LogP contribution in [0.5, 0.6) is 0 Å². The van der Waals surface area contributed by atoms with Gasteiger partial charge < -0.3 is 21.7 Å². The maximum absolute atomic E-state index is 13.0. The largest absolute Gasteiger partial charge is 0.387 e. The molecule has 0 fully saturated rings. The van der Waals surface area contributed by atoms with Gasteiger partial charge in [0, 0.05) is 31.6 Å². The molecule has 148 valence electrons. The van der Waals surface area contributed by atoms with Crippen LogP contribution < -0.4 is 16.8 Å². The molecule has 0 aliphatic carbocycles. The first-order valence-electron chi connectivity index (χ1n) is 9.45. The van der Waals surface area contributed by atoms with Crippen LogP contribution in [-0.4, -0.2) is 48.7 Å². The van der Waals surface area contributed by atoms with Gasteiger partial charge in [0.1, 0.15) is 5.84 Å². The lowest BCUT2D eigenvalue weighted by atomic mass is 10.1. The van der Waals surface area contributed by atoms with E-state index in [4.69, 9.17) is 11.5 Å². The Balaban J connectivity index is 2.26. The van der Waals surface area contributed by atoms with Crippen molar-refractivity contribution in [3.8, 4) is 0 Å². The number of amides is 2. The van der Waals surface area contributed by atoms with Gasteiger partial charge in [0.05, 0.1) is 15.4 Å². The average Bonchev–Trinajstić information content (AvgIpc) is 2.95. The lowest BCUT2D eigenvalue weighted by Gasteiger charge is -2.22. The summed E-state index contributed by atoms with van der Waals surface area (Å²) in [5, 5.41) is 2.84. The number of nitrogens with zero attached hydrogens (tertiary/aromatic N) is 2. The highest BCUT2D eigenvalue weighted by Gasteiger charge is 2.23. The molecule has 0 spiro atoms. The molecule has 2 heterocycles. The number of nitrogens with two attached hydrogens (primary N) is 2. The summed E-state index contributed by atoms with van der Waals surface area (Å²) in [6.07, 6.45) is 4.69. The van der Waals surface area contributed by atoms with Gasteiger partial charge in [-0.25, -0.2) is 4.99 Å². The van der Waals surface area contributed by atoms with Gasteiger partial charge in [-0.05, 0) is 37.9 Å². The number of thiophene rings is 1. The van der Waals surface area contributed by atoms with Crippen LogP contribution in [0.15, 0.2) is 16.6 Å². The Morgan fingerprint density at radius 2 is 2.00 bits per heavy atom. The minimum Gasteiger partial charge on any atom is -0.387 e. The topological polar surface area (TPSA) is 114 Å². The predicted octanol–water partition coefficient (Wildman–Crippen LogP) is 2.25. The van der Waals surface area contributed by atoms with E-state index < -0.39 is 0 Å². The van der Waals surface area contributed by atoms with Crippen molar-refractivity contribution in [3.05, 3.63) is 21.4 Å². The summed E-state index contributed by atoms with van der Waals surface area (Å²) < 4.78 is 0. The van der Waals surface area contributed by atoms with Gasteiger partial charge in [-0.2, -0.15) is 0 Å². The number of aliphatic imine (C=N–C) groups is 1. The zero-order chi connectivity index (χ0) is 19.8. The number of nitrogens with one attached hydrogen (secondary N) is 1. The Morgan fingerprint density at radius 1 is 1.30 bits per heavy atom. The van der Waals surface area contributed by atoms with Gasteiger partial charge in [-0.1, -0.05) is 13.8 Å². The van der Waals surface area contributed by atoms with E-state index in [2.05, 4.69) is 24.2 Å². The van der Waals surface area contributed by atoms with E-state index in [1.165, 1.54) is 11.3 Å². The van der Waals surface area contributed by atoms with Crippen molar-refractivity contribution in [3.63, 3.8) is 0 Å². The van der Waals surface area contributed by atoms with Crippen molar-refractivity contribution in [2.75, 3.05) is 26.2 Å². The lowest BCUT2D eigenvalue weighted by Crippen LogP contribution is -2.34. The third-order valence-electron chi connectivity index (χ3n) is 4.12. The molecule has 2 amide bonds. The molecule has 5 N–H and O–H groups in total. The van der Waals surface area contributed by atoms with Gasteiger partial charge in [0.25, 0.3) is 5.91 Å². The van der Waals surface area contributed by atoms with E-state index >= 15 is 0 Å². The number of amidine groups is 1. The zero-order valence-corrected chi connectivity index (χ0v) is 16.9. The van der Waals surface area contributed by atoms with Crippen LogP contribution in [0.4, 0.5) is 5.69 Å². The fraction of sp³-hybridized carbons (Fsp3) is 0.526. The monoisotopic (exact) mass is 391 g/mol. The highest BCUT2D eigenvalue weighted by molar-refractivity contribution is 7.15. The standard InChI is InChI=1S/C19H29N5O2S/c1-3-8-24(9-4-2)19(26)13-10-15-14(23-17(21)11-13)12-16(27-15)18(25)22-7-5-6-20/h10,12H,3-9,11,20H2,1-2H3,(H2,21,23)(H,22,25). The van der Waals surface area contributed by atoms with E-state index in [0.717, 1.165) is 24.1 Å². The van der Waals surface area contributed by atoms with Crippen molar-refractivity contribution in [2.24, 2.45) is 16.5 Å². The van der Waals surface area contributed by atoms with Crippen molar-refractivity contribution in [2.45, 2.75) is 39.5 Å². The van der Waals surface area contributed by atoms with Crippen LogP contribution in [0.2, 0.25) is 0 Å². The number of rotatable bonds is 9. The molecule has 0 atom stereocenters. The highest BCUT2D eigenvalue weighted by atomic mass is 32.1. The molecule has 0 saturated heterocycles. The molecule has 1 aliphatic heterocycles. The number of fused-ring (bicyclic) bond motifs is 1. The molecule has 27 heavy (non-hydrogen) atoms. The molecular weight excluding hydrogens is 362 g/mol. The number of hydrogen-bond donors (Lipinski definition) is 3. The Hall–Kier alpha value is -2.19. The molecular formula is C19H29N5O2S. The van der Waals surface area contributed by atoms with E-state index in [1.54, 1.807) is 6.07 Å². The predicted molar refractivity (Wildman–Crippen MR) is 111 cm³/mol. The summed E-state index contributed by atoms with van der Waals surface area (Å²) in [5.41, 5.74) is 12.8. The molecule has 0 unspecified atom stereocenters. The van der Waals surface area contributed by atoms with Crippen molar-refractivity contribution in [1.82, 2.24) is 10.2 Å². The Labute approximate surface area is 164 Å². The zero-order valence-electron chi connectivity index (χ0n) is 16.1. The second kappa shape index (κ2) is 10.2. The molecule has 2 rings (SSSR count). The molecule has 1 aromatic rings. The SMILES string of the molecule is CCCN(CCC)C(=O)C1=Cc2sc(C(=O)NCCCN)cc2N=C(N)C1. The summed E-state index contributed by atoms with van der Waals surface area (Å²) >= 11 is 1.32. The van der Waals surface area contributed by atoms with E-state index in [9.17, 15) is 9.59 Å². The smallest absolute Gasteiger partial charge is 0.261 e. The van der Waals surface area contributed by atoms with Gasteiger partial charge >= 0.3 is 0 Å². The van der Waals surface area contributed by atoms with Crippen molar-refractivity contribution >= 4 is 40.8 Å². The maximum atomic E-state index is 13.0. The van der Waals surface area contributed by atoms with Crippen molar-refractivity contribution in [1.29, 1.82) is 0 Å². The van der Waals surface area contributed by atoms with Crippen LogP contribution in [0.25, 0.3) is 6.08 Å². The summed E-state index contributed by atoms with van der Waals surface area (Å²) in [6.45, 7) is 6.61.